The number of hydrogen-bond acceptors (Lipinski definition) is 4. The second-order valence-corrected chi connectivity index (χ2v) is 6.05. The van der Waals surface area contributed by atoms with Crippen molar-refractivity contribution in [3.8, 4) is 11.5 Å². The van der Waals surface area contributed by atoms with E-state index in [0.29, 0.717) is 17.2 Å². The van der Waals surface area contributed by atoms with Crippen LogP contribution in [-0.4, -0.2) is 18.6 Å². The first-order valence-corrected chi connectivity index (χ1v) is 7.20. The maximum atomic E-state index is 12.7. The number of imide groups is 1. The molecule has 106 valence electrons. The highest BCUT2D eigenvalue weighted by Gasteiger charge is 2.59. The third-order valence-corrected chi connectivity index (χ3v) is 5.08. The van der Waals surface area contributed by atoms with Gasteiger partial charge in [-0.25, -0.2) is 4.90 Å². The third kappa shape index (κ3) is 1.31. The van der Waals surface area contributed by atoms with Gasteiger partial charge in [-0.1, -0.05) is 12.2 Å². The molecule has 1 aromatic carbocycles. The van der Waals surface area contributed by atoms with E-state index in [-0.39, 0.29) is 42.3 Å². The normalized spacial score (nSPS) is 35.0. The molecule has 5 nitrogen and oxygen atoms in total. The molecule has 5 heteroatoms. The fourth-order valence-corrected chi connectivity index (χ4v) is 4.18. The van der Waals surface area contributed by atoms with Gasteiger partial charge in [-0.3, -0.25) is 9.59 Å². The average Bonchev–Trinajstić information content (AvgIpc) is 3.22. The van der Waals surface area contributed by atoms with Crippen LogP contribution < -0.4 is 14.4 Å². The summed E-state index contributed by atoms with van der Waals surface area (Å²) in [5, 5.41) is 0. The minimum Gasteiger partial charge on any atom is -0.454 e. The Hall–Kier alpha value is -2.30. The summed E-state index contributed by atoms with van der Waals surface area (Å²) in [5.41, 5.74) is 0.586. The van der Waals surface area contributed by atoms with Crippen LogP contribution in [0.5, 0.6) is 11.5 Å². The van der Waals surface area contributed by atoms with Gasteiger partial charge in [0, 0.05) is 6.07 Å². The van der Waals surface area contributed by atoms with Crippen LogP contribution in [0.25, 0.3) is 0 Å². The monoisotopic (exact) mass is 283 g/mol. The summed E-state index contributed by atoms with van der Waals surface area (Å²) in [4.78, 5) is 26.7. The van der Waals surface area contributed by atoms with E-state index in [1.165, 1.54) is 4.90 Å². The van der Waals surface area contributed by atoms with Crippen molar-refractivity contribution >= 4 is 17.5 Å². The van der Waals surface area contributed by atoms with Crippen LogP contribution in [0.1, 0.15) is 6.42 Å². The van der Waals surface area contributed by atoms with E-state index < -0.39 is 0 Å². The molecule has 1 saturated heterocycles. The second kappa shape index (κ2) is 3.67. The number of anilines is 1. The standard InChI is InChI=1S/C16H13NO4/c18-15-13-8-1-2-9(5-8)14(13)16(19)17(15)10-3-4-11-12(6-10)21-7-20-11/h1-4,6,8-9,13-14H,5,7H2/t8-,9+,13+,14-. The van der Waals surface area contributed by atoms with Crippen molar-refractivity contribution in [3.05, 3.63) is 30.4 Å². The molecule has 2 fully saturated rings. The first kappa shape index (κ1) is 11.4. The fourth-order valence-electron chi connectivity index (χ4n) is 4.18. The molecule has 1 saturated carbocycles. The quantitative estimate of drug-likeness (QED) is 0.582. The molecule has 2 heterocycles. The maximum absolute atomic E-state index is 12.7. The average molecular weight is 283 g/mol. The molecule has 4 atom stereocenters. The molecule has 2 amide bonds. The molecule has 2 bridgehead atoms. The molecule has 4 aliphatic rings. The minimum atomic E-state index is -0.169. The lowest BCUT2D eigenvalue weighted by atomic mass is 9.85. The zero-order valence-corrected chi connectivity index (χ0v) is 11.2. The number of carbonyl (C=O) groups is 2. The Morgan fingerprint density at radius 3 is 2.33 bits per heavy atom. The van der Waals surface area contributed by atoms with E-state index in [9.17, 15) is 9.59 Å². The van der Waals surface area contributed by atoms with Gasteiger partial charge in [0.05, 0.1) is 17.5 Å². The lowest BCUT2D eigenvalue weighted by Gasteiger charge is -2.17. The molecule has 0 radical (unpaired) electrons. The number of benzene rings is 1. The molecule has 0 spiro atoms. The van der Waals surface area contributed by atoms with Crippen molar-refractivity contribution in [2.24, 2.45) is 23.7 Å². The van der Waals surface area contributed by atoms with E-state index in [1.807, 2.05) is 0 Å². The number of fused-ring (bicyclic) bond motifs is 6. The Labute approximate surface area is 121 Å². The number of carbonyl (C=O) groups excluding carboxylic acids is 2. The molecule has 1 aromatic rings. The molecule has 21 heavy (non-hydrogen) atoms. The molecule has 5 rings (SSSR count). The summed E-state index contributed by atoms with van der Waals surface area (Å²) in [6, 6.07) is 5.22. The molecular formula is C16H13NO4. The molecule has 0 unspecified atom stereocenters. The van der Waals surface area contributed by atoms with Crippen LogP contribution in [0.15, 0.2) is 30.4 Å². The van der Waals surface area contributed by atoms with Crippen LogP contribution in [-0.2, 0) is 9.59 Å². The molecule has 0 aromatic heterocycles. The van der Waals surface area contributed by atoms with Gasteiger partial charge in [0.1, 0.15) is 0 Å². The minimum absolute atomic E-state index is 0.0688. The van der Waals surface area contributed by atoms with E-state index >= 15 is 0 Å². The third-order valence-electron chi connectivity index (χ3n) is 5.08. The van der Waals surface area contributed by atoms with Gasteiger partial charge >= 0.3 is 0 Å². The van der Waals surface area contributed by atoms with Crippen molar-refractivity contribution in [1.82, 2.24) is 0 Å². The summed E-state index contributed by atoms with van der Waals surface area (Å²) in [6.45, 7) is 0.181. The first-order chi connectivity index (χ1) is 10.2. The highest BCUT2D eigenvalue weighted by atomic mass is 16.7. The number of ether oxygens (including phenoxy) is 2. The highest BCUT2D eigenvalue weighted by molar-refractivity contribution is 6.22. The second-order valence-electron chi connectivity index (χ2n) is 6.05. The summed E-state index contributed by atoms with van der Waals surface area (Å²) in [6.07, 6.45) is 5.14. The van der Waals surface area contributed by atoms with Gasteiger partial charge in [0.2, 0.25) is 18.6 Å². The molecular weight excluding hydrogens is 270 g/mol. The van der Waals surface area contributed by atoms with Gasteiger partial charge in [-0.05, 0) is 30.4 Å². The Morgan fingerprint density at radius 1 is 0.952 bits per heavy atom. The fraction of sp³-hybridized carbons (Fsp3) is 0.375. The van der Waals surface area contributed by atoms with Gasteiger partial charge in [-0.2, -0.15) is 0 Å². The lowest BCUT2D eigenvalue weighted by Crippen LogP contribution is -2.32. The Bertz CT molecular complexity index is 680. The zero-order chi connectivity index (χ0) is 14.1. The van der Waals surface area contributed by atoms with Crippen molar-refractivity contribution < 1.29 is 19.1 Å². The number of amides is 2. The molecule has 2 aliphatic heterocycles. The van der Waals surface area contributed by atoms with Gasteiger partial charge in [0.25, 0.3) is 0 Å². The van der Waals surface area contributed by atoms with Crippen LogP contribution in [0.4, 0.5) is 5.69 Å². The van der Waals surface area contributed by atoms with Crippen LogP contribution in [0, 0.1) is 23.7 Å². The van der Waals surface area contributed by atoms with E-state index in [0.717, 1.165) is 6.42 Å². The van der Waals surface area contributed by atoms with E-state index in [4.69, 9.17) is 9.47 Å². The van der Waals surface area contributed by atoms with E-state index in [2.05, 4.69) is 12.2 Å². The maximum Gasteiger partial charge on any atom is 0.238 e. The van der Waals surface area contributed by atoms with Gasteiger partial charge in [0.15, 0.2) is 11.5 Å². The summed E-state index contributed by atoms with van der Waals surface area (Å²) < 4.78 is 10.6. The Kier molecular flexibility index (Phi) is 1.98. The molecule has 2 aliphatic carbocycles. The largest absolute Gasteiger partial charge is 0.454 e. The van der Waals surface area contributed by atoms with Crippen LogP contribution >= 0.6 is 0 Å². The lowest BCUT2D eigenvalue weighted by molar-refractivity contribution is -0.123. The van der Waals surface area contributed by atoms with Gasteiger partial charge < -0.3 is 9.47 Å². The Morgan fingerprint density at radius 2 is 1.62 bits per heavy atom. The van der Waals surface area contributed by atoms with Crippen molar-refractivity contribution in [3.63, 3.8) is 0 Å². The van der Waals surface area contributed by atoms with Crippen molar-refractivity contribution in [1.29, 1.82) is 0 Å². The van der Waals surface area contributed by atoms with E-state index in [1.54, 1.807) is 18.2 Å². The SMILES string of the molecule is O=C1[C@@H]2[C@H](C(=O)N1c1ccc3c(c1)OCO3)[C@H]1C=C[C@@H]2C1. The summed E-state index contributed by atoms with van der Waals surface area (Å²) >= 11 is 0. The van der Waals surface area contributed by atoms with Crippen LogP contribution in [0.2, 0.25) is 0 Å². The predicted octanol–water partition coefficient (Wildman–Crippen LogP) is 1.73. The smallest absolute Gasteiger partial charge is 0.238 e. The highest BCUT2D eigenvalue weighted by Crippen LogP contribution is 2.53. The van der Waals surface area contributed by atoms with Gasteiger partial charge in [-0.15, -0.1) is 0 Å². The van der Waals surface area contributed by atoms with Crippen molar-refractivity contribution in [2.45, 2.75) is 6.42 Å². The van der Waals surface area contributed by atoms with Crippen LogP contribution in [0.3, 0.4) is 0 Å². The first-order valence-electron chi connectivity index (χ1n) is 7.20. The topological polar surface area (TPSA) is 55.8 Å². The predicted molar refractivity (Wildman–Crippen MR) is 72.8 cm³/mol. The Balaban J connectivity index is 1.56. The number of hydrogen-bond donors (Lipinski definition) is 0. The number of allylic oxidation sites excluding steroid dienone is 2. The summed E-state index contributed by atoms with van der Waals surface area (Å²) in [7, 11) is 0. The number of nitrogens with zero attached hydrogens (tertiary/aromatic N) is 1. The van der Waals surface area contributed by atoms with Crippen molar-refractivity contribution in [2.75, 3.05) is 11.7 Å². The number of rotatable bonds is 1. The summed E-state index contributed by atoms with van der Waals surface area (Å²) in [5.74, 6) is 1.23. The zero-order valence-electron chi connectivity index (χ0n) is 11.2. The molecule has 0 N–H and O–H groups in total.